The van der Waals surface area contributed by atoms with Gasteiger partial charge < -0.3 is 10.1 Å². The molecule has 1 heterocycles. The van der Waals surface area contributed by atoms with Gasteiger partial charge in [0.2, 0.25) is 0 Å². The summed E-state index contributed by atoms with van der Waals surface area (Å²) < 4.78 is 48.5. The van der Waals surface area contributed by atoms with Gasteiger partial charge in [0, 0.05) is 11.3 Å². The molecular formula is C29H21F3N4O2. The Balaban J connectivity index is 1.41. The monoisotopic (exact) mass is 514 g/mol. The Labute approximate surface area is 216 Å². The lowest BCUT2D eigenvalue weighted by Gasteiger charge is -2.09. The third-order valence-corrected chi connectivity index (χ3v) is 5.77. The van der Waals surface area contributed by atoms with Crippen LogP contribution in [0.5, 0.6) is 6.01 Å². The molecule has 1 amide bonds. The Morgan fingerprint density at radius 2 is 1.63 bits per heavy atom. The second kappa shape index (κ2) is 10.6. The summed E-state index contributed by atoms with van der Waals surface area (Å²) in [6.45, 7) is 1.68. The summed E-state index contributed by atoms with van der Waals surface area (Å²) in [6.07, 6.45) is 0. The zero-order valence-electron chi connectivity index (χ0n) is 20.2. The lowest BCUT2D eigenvalue weighted by Crippen LogP contribution is -2.12. The Kier molecular flexibility index (Phi) is 6.90. The third kappa shape index (κ3) is 5.41. The molecule has 6 nitrogen and oxygen atoms in total. The number of nitrogens with one attached hydrogen (secondary N) is 1. The van der Waals surface area contributed by atoms with Gasteiger partial charge >= 0.3 is 6.01 Å². The van der Waals surface area contributed by atoms with Gasteiger partial charge in [-0.05, 0) is 84.8 Å². The van der Waals surface area contributed by atoms with E-state index in [2.05, 4.69) is 15.4 Å². The number of rotatable bonds is 7. The van der Waals surface area contributed by atoms with E-state index in [1.54, 1.807) is 61.5 Å². The zero-order valence-corrected chi connectivity index (χ0v) is 20.2. The molecule has 0 atom stereocenters. The first-order valence-electron chi connectivity index (χ1n) is 11.6. The van der Waals surface area contributed by atoms with Crippen molar-refractivity contribution < 1.29 is 22.7 Å². The van der Waals surface area contributed by atoms with E-state index in [9.17, 15) is 18.0 Å². The van der Waals surface area contributed by atoms with Crippen LogP contribution in [0.15, 0.2) is 91.0 Å². The molecule has 0 saturated heterocycles. The Morgan fingerprint density at radius 3 is 2.34 bits per heavy atom. The van der Waals surface area contributed by atoms with E-state index in [0.29, 0.717) is 28.1 Å². The summed E-state index contributed by atoms with van der Waals surface area (Å²) in [5, 5.41) is 7.17. The summed E-state index contributed by atoms with van der Waals surface area (Å²) >= 11 is 0. The number of carbonyl (C=O) groups is 1. The average Bonchev–Trinajstić information content (AvgIpc) is 3.34. The van der Waals surface area contributed by atoms with Crippen molar-refractivity contribution >= 4 is 11.6 Å². The van der Waals surface area contributed by atoms with Crippen molar-refractivity contribution in [1.82, 2.24) is 14.8 Å². The molecule has 0 bridgehead atoms. The van der Waals surface area contributed by atoms with Crippen LogP contribution >= 0.6 is 0 Å². The van der Waals surface area contributed by atoms with Crippen LogP contribution in [0.25, 0.3) is 17.1 Å². The van der Waals surface area contributed by atoms with Crippen molar-refractivity contribution in [1.29, 1.82) is 0 Å². The first-order chi connectivity index (χ1) is 18.4. The maximum Gasteiger partial charge on any atom is 0.336 e. The quantitative estimate of drug-likeness (QED) is 0.270. The van der Waals surface area contributed by atoms with Crippen LogP contribution < -0.4 is 10.1 Å². The van der Waals surface area contributed by atoms with Crippen LogP contribution in [0.4, 0.5) is 18.9 Å². The minimum absolute atomic E-state index is 0.0108. The highest BCUT2D eigenvalue weighted by molar-refractivity contribution is 6.04. The number of carbonyl (C=O) groups excluding carboxylic acids is 1. The molecule has 190 valence electrons. The number of ether oxygens (including phenoxy) is 1. The first-order valence-corrected chi connectivity index (χ1v) is 11.6. The molecule has 5 aromatic rings. The summed E-state index contributed by atoms with van der Waals surface area (Å²) in [4.78, 5) is 17.0. The molecule has 0 spiro atoms. The SMILES string of the molecule is Cc1cc(C(=O)Nc2ccc(-n3nc(OCc4ccc(F)cc4)nc3-c3ccccc3F)cc2)ccc1F. The van der Waals surface area contributed by atoms with Crippen LogP contribution in [0.3, 0.4) is 0 Å². The van der Waals surface area contributed by atoms with Crippen LogP contribution in [0.2, 0.25) is 0 Å². The highest BCUT2D eigenvalue weighted by Crippen LogP contribution is 2.27. The maximum atomic E-state index is 14.7. The second-order valence-corrected chi connectivity index (χ2v) is 8.49. The van der Waals surface area contributed by atoms with Gasteiger partial charge in [-0.15, -0.1) is 5.10 Å². The summed E-state index contributed by atoms with van der Waals surface area (Å²) in [5.41, 5.74) is 2.68. The molecule has 4 aromatic carbocycles. The molecule has 38 heavy (non-hydrogen) atoms. The molecule has 0 aliphatic rings. The normalized spacial score (nSPS) is 10.8. The fourth-order valence-corrected chi connectivity index (χ4v) is 3.75. The topological polar surface area (TPSA) is 69.0 Å². The first kappa shape index (κ1) is 24.8. The molecule has 0 unspecified atom stereocenters. The Bertz CT molecular complexity index is 1600. The number of anilines is 1. The van der Waals surface area contributed by atoms with Crippen molar-refractivity contribution in [3.63, 3.8) is 0 Å². The van der Waals surface area contributed by atoms with Gasteiger partial charge in [0.1, 0.15) is 24.1 Å². The van der Waals surface area contributed by atoms with E-state index < -0.39 is 5.82 Å². The number of hydrogen-bond donors (Lipinski definition) is 1. The average molecular weight is 515 g/mol. The predicted molar refractivity (Wildman–Crippen MR) is 137 cm³/mol. The van der Waals surface area contributed by atoms with Gasteiger partial charge in [0.25, 0.3) is 5.91 Å². The second-order valence-electron chi connectivity index (χ2n) is 8.49. The smallest absolute Gasteiger partial charge is 0.336 e. The highest BCUT2D eigenvalue weighted by Gasteiger charge is 2.18. The molecule has 1 N–H and O–H groups in total. The lowest BCUT2D eigenvalue weighted by atomic mass is 10.1. The van der Waals surface area contributed by atoms with Crippen molar-refractivity contribution in [2.24, 2.45) is 0 Å². The minimum atomic E-state index is -0.482. The maximum absolute atomic E-state index is 14.7. The van der Waals surface area contributed by atoms with Crippen LogP contribution in [-0.2, 0) is 6.61 Å². The number of benzene rings is 4. The fourth-order valence-electron chi connectivity index (χ4n) is 3.75. The fraction of sp³-hybridized carbons (Fsp3) is 0.0690. The number of hydrogen-bond acceptors (Lipinski definition) is 4. The van der Waals surface area contributed by atoms with Crippen LogP contribution in [0, 0.1) is 24.4 Å². The molecule has 5 rings (SSSR count). The van der Waals surface area contributed by atoms with E-state index in [-0.39, 0.29) is 41.5 Å². The number of aryl methyl sites for hydroxylation is 1. The number of nitrogens with zero attached hydrogens (tertiary/aromatic N) is 3. The Morgan fingerprint density at radius 1 is 0.895 bits per heavy atom. The lowest BCUT2D eigenvalue weighted by molar-refractivity contribution is 0.102. The van der Waals surface area contributed by atoms with E-state index >= 15 is 0 Å². The molecule has 0 fully saturated rings. The van der Waals surface area contributed by atoms with Gasteiger partial charge in [-0.2, -0.15) is 4.98 Å². The summed E-state index contributed by atoms with van der Waals surface area (Å²) in [6, 6.07) is 22.8. The van der Waals surface area contributed by atoms with Crippen molar-refractivity contribution in [3.05, 3.63) is 125 Å². The van der Waals surface area contributed by atoms with Gasteiger partial charge in [0.05, 0.1) is 11.3 Å². The van der Waals surface area contributed by atoms with Crippen molar-refractivity contribution in [2.45, 2.75) is 13.5 Å². The predicted octanol–water partition coefficient (Wildman–Crippen LogP) is 6.49. The van der Waals surface area contributed by atoms with Gasteiger partial charge in [0.15, 0.2) is 5.82 Å². The molecule has 9 heteroatoms. The standard InChI is InChI=1S/C29H21F3N4O2/c1-18-16-20(8-15-25(18)31)28(37)33-22-11-13-23(14-12-22)36-27(24-4-2-3-5-26(24)32)34-29(35-36)38-17-19-6-9-21(30)10-7-19/h2-16H,17H2,1H3,(H,33,37). The van der Waals surface area contributed by atoms with Gasteiger partial charge in [-0.25, -0.2) is 17.9 Å². The largest absolute Gasteiger partial charge is 0.457 e. The van der Waals surface area contributed by atoms with E-state index in [4.69, 9.17) is 4.74 Å². The van der Waals surface area contributed by atoms with Crippen LogP contribution in [-0.4, -0.2) is 20.7 Å². The van der Waals surface area contributed by atoms with E-state index in [1.165, 1.54) is 41.1 Å². The molecule has 0 aliphatic heterocycles. The summed E-state index contributed by atoms with van der Waals surface area (Å²) in [5.74, 6) is -1.39. The van der Waals surface area contributed by atoms with Gasteiger partial charge in [-0.1, -0.05) is 24.3 Å². The molecule has 0 aliphatic carbocycles. The van der Waals surface area contributed by atoms with E-state index in [1.807, 2.05) is 0 Å². The number of halogens is 3. The number of aromatic nitrogens is 3. The van der Waals surface area contributed by atoms with Gasteiger partial charge in [-0.3, -0.25) is 4.79 Å². The van der Waals surface area contributed by atoms with Crippen LogP contribution in [0.1, 0.15) is 21.5 Å². The highest BCUT2D eigenvalue weighted by atomic mass is 19.1. The minimum Gasteiger partial charge on any atom is -0.457 e. The molecule has 1 aromatic heterocycles. The number of amides is 1. The van der Waals surface area contributed by atoms with E-state index in [0.717, 1.165) is 0 Å². The zero-order chi connectivity index (χ0) is 26.6. The summed E-state index contributed by atoms with van der Waals surface area (Å²) in [7, 11) is 0. The van der Waals surface area contributed by atoms with Crippen molar-refractivity contribution in [2.75, 3.05) is 5.32 Å². The molecule has 0 radical (unpaired) electrons. The molecular weight excluding hydrogens is 493 g/mol. The van der Waals surface area contributed by atoms with Crippen molar-refractivity contribution in [3.8, 4) is 23.1 Å². The third-order valence-electron chi connectivity index (χ3n) is 5.77. The molecule has 0 saturated carbocycles. The Hall–Kier alpha value is -4.92.